The van der Waals surface area contributed by atoms with Crippen molar-refractivity contribution in [2.45, 2.75) is 16.7 Å². The number of aromatic nitrogens is 2. The second-order valence-electron chi connectivity index (χ2n) is 7.66. The average molecular weight is 417 g/mol. The lowest BCUT2D eigenvalue weighted by Crippen LogP contribution is -2.59. The van der Waals surface area contributed by atoms with Crippen LogP contribution in [0.5, 0.6) is 0 Å². The Morgan fingerprint density at radius 1 is 1.14 bits per heavy atom. The molecular weight excluding hydrogens is 396 g/mol. The number of nitrogens with zero attached hydrogens (tertiary/aromatic N) is 4. The van der Waals surface area contributed by atoms with Crippen molar-refractivity contribution in [2.24, 2.45) is 5.41 Å². The molecule has 0 radical (unpaired) electrons. The first-order valence-electron chi connectivity index (χ1n) is 9.10. The van der Waals surface area contributed by atoms with Crippen LogP contribution < -0.4 is 0 Å². The van der Waals surface area contributed by atoms with Crippen molar-refractivity contribution < 1.29 is 12.9 Å². The van der Waals surface area contributed by atoms with E-state index in [4.69, 9.17) is 4.52 Å². The van der Waals surface area contributed by atoms with Crippen LogP contribution in [0.25, 0.3) is 11.4 Å². The van der Waals surface area contributed by atoms with E-state index in [-0.39, 0.29) is 11.5 Å². The first-order valence-corrected chi connectivity index (χ1v) is 11.4. The first-order chi connectivity index (χ1) is 13.5. The summed E-state index contributed by atoms with van der Waals surface area (Å²) in [7, 11) is -1.34. The molecule has 0 amide bonds. The van der Waals surface area contributed by atoms with Crippen molar-refractivity contribution in [3.63, 3.8) is 0 Å². The summed E-state index contributed by atoms with van der Waals surface area (Å²) in [6.07, 6.45) is 0.816. The second kappa shape index (κ2) is 6.48. The van der Waals surface area contributed by atoms with Gasteiger partial charge in [0.1, 0.15) is 4.21 Å². The van der Waals surface area contributed by atoms with Gasteiger partial charge in [0, 0.05) is 30.6 Å². The van der Waals surface area contributed by atoms with Crippen molar-refractivity contribution in [2.75, 3.05) is 26.7 Å². The third kappa shape index (κ3) is 2.89. The standard InChI is InChI=1S/C19H20N4O3S2/c1-22-11-19(12-23(13-19)28(24,25)16-8-5-9-27-16)10-15(22)18-20-17(21-26-18)14-6-3-2-4-7-14/h2-9,15H,10-13H2,1H3. The van der Waals surface area contributed by atoms with Crippen LogP contribution in [-0.4, -0.2) is 54.4 Å². The van der Waals surface area contributed by atoms with E-state index < -0.39 is 10.0 Å². The van der Waals surface area contributed by atoms with Gasteiger partial charge in [-0.2, -0.15) is 9.29 Å². The Morgan fingerprint density at radius 2 is 1.93 bits per heavy atom. The zero-order valence-electron chi connectivity index (χ0n) is 15.4. The Kier molecular flexibility index (Phi) is 4.16. The van der Waals surface area contributed by atoms with E-state index in [9.17, 15) is 8.42 Å². The van der Waals surface area contributed by atoms with Gasteiger partial charge in [-0.15, -0.1) is 11.3 Å². The van der Waals surface area contributed by atoms with Crippen molar-refractivity contribution >= 4 is 21.4 Å². The Morgan fingerprint density at radius 3 is 2.64 bits per heavy atom. The lowest BCUT2D eigenvalue weighted by atomic mass is 9.79. The molecule has 2 aliphatic heterocycles. The first kappa shape index (κ1) is 18.0. The Hall–Kier alpha value is -2.07. The number of benzene rings is 1. The Labute approximate surface area is 167 Å². The van der Waals surface area contributed by atoms with Crippen molar-refractivity contribution in [1.29, 1.82) is 0 Å². The summed E-state index contributed by atoms with van der Waals surface area (Å²) in [6.45, 7) is 1.89. The molecule has 28 heavy (non-hydrogen) atoms. The van der Waals surface area contributed by atoms with Gasteiger partial charge in [-0.25, -0.2) is 8.42 Å². The molecule has 2 aromatic heterocycles. The molecule has 2 fully saturated rings. The molecule has 146 valence electrons. The fourth-order valence-corrected chi connectivity index (χ4v) is 7.07. The highest BCUT2D eigenvalue weighted by molar-refractivity contribution is 7.91. The summed E-state index contributed by atoms with van der Waals surface area (Å²) in [5.74, 6) is 1.18. The SMILES string of the molecule is CN1CC2(CC1c1nc(-c3ccccc3)no1)CN(S(=O)(=O)c1cccs1)C2. The van der Waals surface area contributed by atoms with Crippen LogP contribution in [0, 0.1) is 5.41 Å². The van der Waals surface area contributed by atoms with Gasteiger partial charge in [-0.05, 0) is 24.9 Å². The maximum atomic E-state index is 12.7. The smallest absolute Gasteiger partial charge is 0.252 e. The van der Waals surface area contributed by atoms with Crippen molar-refractivity contribution in [3.05, 3.63) is 53.7 Å². The molecule has 3 aromatic rings. The highest BCUT2D eigenvalue weighted by Gasteiger charge is 2.55. The van der Waals surface area contributed by atoms with E-state index >= 15 is 0 Å². The third-order valence-electron chi connectivity index (χ3n) is 5.61. The zero-order valence-corrected chi connectivity index (χ0v) is 17.0. The highest BCUT2D eigenvalue weighted by Crippen LogP contribution is 2.49. The number of rotatable bonds is 4. The minimum absolute atomic E-state index is 0.0107. The number of thiophene rings is 1. The topological polar surface area (TPSA) is 79.5 Å². The summed E-state index contributed by atoms with van der Waals surface area (Å²) < 4.78 is 32.9. The molecule has 1 atom stereocenters. The quantitative estimate of drug-likeness (QED) is 0.651. The van der Waals surface area contributed by atoms with Crippen LogP contribution in [0.1, 0.15) is 18.4 Å². The van der Waals surface area contributed by atoms with Gasteiger partial charge in [-0.1, -0.05) is 41.6 Å². The molecular formula is C19H20N4O3S2. The van der Waals surface area contributed by atoms with Crippen LogP contribution in [0.2, 0.25) is 0 Å². The minimum atomic E-state index is -3.37. The predicted molar refractivity (Wildman–Crippen MR) is 105 cm³/mol. The number of likely N-dealkylation sites (tertiary alicyclic amines) is 1. The molecule has 2 aliphatic rings. The van der Waals surface area contributed by atoms with E-state index in [0.29, 0.717) is 29.0 Å². The Balaban J connectivity index is 1.31. The van der Waals surface area contributed by atoms with E-state index in [1.807, 2.05) is 37.4 Å². The molecule has 4 heterocycles. The summed E-state index contributed by atoms with van der Waals surface area (Å²) >= 11 is 1.26. The fourth-order valence-electron chi connectivity index (χ4n) is 4.26. The molecule has 0 bridgehead atoms. The van der Waals surface area contributed by atoms with Crippen LogP contribution in [0.15, 0.2) is 56.6 Å². The van der Waals surface area contributed by atoms with Gasteiger partial charge in [0.2, 0.25) is 11.7 Å². The van der Waals surface area contributed by atoms with E-state index in [2.05, 4.69) is 15.0 Å². The molecule has 7 nitrogen and oxygen atoms in total. The molecule has 0 N–H and O–H groups in total. The largest absolute Gasteiger partial charge is 0.337 e. The van der Waals surface area contributed by atoms with Crippen LogP contribution in [-0.2, 0) is 10.0 Å². The molecule has 1 unspecified atom stereocenters. The van der Waals surface area contributed by atoms with Gasteiger partial charge in [0.25, 0.3) is 10.0 Å². The van der Waals surface area contributed by atoms with Gasteiger partial charge in [0.15, 0.2) is 0 Å². The summed E-state index contributed by atoms with van der Waals surface area (Å²) in [5.41, 5.74) is 0.871. The molecule has 0 aliphatic carbocycles. The van der Waals surface area contributed by atoms with Gasteiger partial charge in [-0.3, -0.25) is 4.90 Å². The maximum Gasteiger partial charge on any atom is 0.252 e. The van der Waals surface area contributed by atoms with Gasteiger partial charge in [0.05, 0.1) is 6.04 Å². The second-order valence-corrected chi connectivity index (χ2v) is 10.8. The van der Waals surface area contributed by atoms with E-state index in [0.717, 1.165) is 18.5 Å². The highest BCUT2D eigenvalue weighted by atomic mass is 32.2. The summed E-state index contributed by atoms with van der Waals surface area (Å²) in [4.78, 5) is 6.79. The van der Waals surface area contributed by atoms with E-state index in [1.165, 1.54) is 11.3 Å². The molecule has 1 spiro atoms. The summed E-state index contributed by atoms with van der Waals surface area (Å²) in [5, 5.41) is 5.92. The predicted octanol–water partition coefficient (Wildman–Crippen LogP) is 2.87. The number of hydrogen-bond acceptors (Lipinski definition) is 7. The maximum absolute atomic E-state index is 12.7. The van der Waals surface area contributed by atoms with Crippen molar-refractivity contribution in [1.82, 2.24) is 19.3 Å². The number of hydrogen-bond donors (Lipinski definition) is 0. The summed E-state index contributed by atoms with van der Waals surface area (Å²) in [6, 6.07) is 13.2. The van der Waals surface area contributed by atoms with E-state index in [1.54, 1.807) is 21.8 Å². The number of sulfonamides is 1. The van der Waals surface area contributed by atoms with Gasteiger partial charge < -0.3 is 4.52 Å². The monoisotopic (exact) mass is 416 g/mol. The normalized spacial score (nSPS) is 22.5. The molecule has 5 rings (SSSR count). The molecule has 1 aromatic carbocycles. The average Bonchev–Trinajstić information content (AvgIpc) is 3.40. The third-order valence-corrected chi connectivity index (χ3v) is 8.78. The Bertz CT molecular complexity index is 1070. The van der Waals surface area contributed by atoms with Crippen LogP contribution in [0.3, 0.4) is 0 Å². The van der Waals surface area contributed by atoms with Crippen molar-refractivity contribution in [3.8, 4) is 11.4 Å². The minimum Gasteiger partial charge on any atom is -0.337 e. The van der Waals surface area contributed by atoms with Gasteiger partial charge >= 0.3 is 0 Å². The van der Waals surface area contributed by atoms with Crippen LogP contribution >= 0.6 is 11.3 Å². The lowest BCUT2D eigenvalue weighted by Gasteiger charge is -2.46. The fraction of sp³-hybridized carbons (Fsp3) is 0.368. The molecule has 0 saturated carbocycles. The zero-order chi connectivity index (χ0) is 19.4. The molecule has 2 saturated heterocycles. The van der Waals surface area contributed by atoms with Crippen LogP contribution in [0.4, 0.5) is 0 Å². The lowest BCUT2D eigenvalue weighted by molar-refractivity contribution is 0.0810. The molecule has 9 heteroatoms.